The van der Waals surface area contributed by atoms with Gasteiger partial charge in [-0.2, -0.15) is 4.98 Å². The second-order valence-electron chi connectivity index (χ2n) is 7.58. The zero-order valence-electron chi connectivity index (χ0n) is 14.5. The molecule has 2 amide bonds. The van der Waals surface area contributed by atoms with Crippen molar-refractivity contribution < 1.29 is 13.7 Å². The number of urea groups is 1. The van der Waals surface area contributed by atoms with Crippen molar-refractivity contribution in [2.24, 2.45) is 17.3 Å². The van der Waals surface area contributed by atoms with Gasteiger partial charge in [0.15, 0.2) is 0 Å². The third-order valence-corrected chi connectivity index (χ3v) is 5.64. The minimum atomic E-state index is -0.410. The fourth-order valence-electron chi connectivity index (χ4n) is 3.79. The number of hydrogen-bond acceptors (Lipinski definition) is 4. The number of halogens is 1. The topological polar surface area (TPSA) is 71.3 Å². The number of nitrogens with zero attached hydrogens (tertiary/aromatic N) is 3. The van der Waals surface area contributed by atoms with Crippen LogP contribution in [0.4, 0.5) is 9.18 Å². The van der Waals surface area contributed by atoms with Crippen molar-refractivity contribution in [2.45, 2.75) is 26.8 Å². The van der Waals surface area contributed by atoms with E-state index in [-0.39, 0.29) is 11.8 Å². The summed E-state index contributed by atoms with van der Waals surface area (Å²) in [5, 5.41) is 6.77. The van der Waals surface area contributed by atoms with E-state index in [4.69, 9.17) is 4.52 Å². The molecule has 6 nitrogen and oxygen atoms in total. The molecule has 1 N–H and O–H groups in total. The molecule has 132 valence electrons. The molecule has 2 fully saturated rings. The first-order chi connectivity index (χ1) is 11.9. The van der Waals surface area contributed by atoms with Crippen LogP contribution in [-0.2, 0) is 0 Å². The number of rotatable bonds is 3. The predicted molar refractivity (Wildman–Crippen MR) is 89.0 cm³/mol. The molecule has 1 aliphatic heterocycles. The zero-order chi connectivity index (χ0) is 17.8. The number of nitrogens with one attached hydrogen (secondary N) is 1. The van der Waals surface area contributed by atoms with Crippen molar-refractivity contribution in [1.29, 1.82) is 0 Å². The van der Waals surface area contributed by atoms with Crippen LogP contribution in [0.5, 0.6) is 0 Å². The van der Waals surface area contributed by atoms with Gasteiger partial charge >= 0.3 is 6.03 Å². The van der Waals surface area contributed by atoms with Gasteiger partial charge in [0.1, 0.15) is 11.9 Å². The highest BCUT2D eigenvalue weighted by molar-refractivity contribution is 5.75. The minimum Gasteiger partial charge on any atom is -0.337 e. The summed E-state index contributed by atoms with van der Waals surface area (Å²) in [5.74, 6) is 1.46. The van der Waals surface area contributed by atoms with E-state index in [2.05, 4.69) is 29.3 Å². The van der Waals surface area contributed by atoms with E-state index in [1.165, 1.54) is 12.1 Å². The number of hydrogen-bond donors (Lipinski definition) is 1. The van der Waals surface area contributed by atoms with Crippen molar-refractivity contribution in [3.05, 3.63) is 36.0 Å². The summed E-state index contributed by atoms with van der Waals surface area (Å²) < 4.78 is 18.5. The zero-order valence-corrected chi connectivity index (χ0v) is 14.5. The van der Waals surface area contributed by atoms with Gasteiger partial charge in [0.2, 0.25) is 11.7 Å². The van der Waals surface area contributed by atoms with E-state index in [1.807, 2.05) is 4.90 Å². The van der Waals surface area contributed by atoms with Crippen molar-refractivity contribution in [2.75, 3.05) is 13.1 Å². The average Bonchev–Trinajstić information content (AvgIpc) is 3.06. The lowest BCUT2D eigenvalue weighted by atomic mass is 10.1. The molecule has 0 radical (unpaired) electrons. The average molecular weight is 344 g/mol. The Morgan fingerprint density at radius 2 is 2.12 bits per heavy atom. The Kier molecular flexibility index (Phi) is 3.56. The molecule has 3 unspecified atom stereocenters. The summed E-state index contributed by atoms with van der Waals surface area (Å²) >= 11 is 0. The number of carbonyl (C=O) groups excluding carboxylic acids is 1. The fourth-order valence-corrected chi connectivity index (χ4v) is 3.79. The molecular formula is C18H21FN4O2. The molecule has 2 aliphatic rings. The summed E-state index contributed by atoms with van der Waals surface area (Å²) in [6, 6.07) is 5.48. The normalized spacial score (nSPS) is 24.7. The van der Waals surface area contributed by atoms with Gasteiger partial charge in [-0.1, -0.05) is 31.1 Å². The fraction of sp³-hybridized carbons (Fsp3) is 0.500. The summed E-state index contributed by atoms with van der Waals surface area (Å²) in [5.41, 5.74) is 0.907. The van der Waals surface area contributed by atoms with E-state index in [0.717, 1.165) is 13.1 Å². The largest absolute Gasteiger partial charge is 0.337 e. The molecule has 25 heavy (non-hydrogen) atoms. The maximum atomic E-state index is 13.3. The van der Waals surface area contributed by atoms with Crippen molar-refractivity contribution in [3.8, 4) is 11.4 Å². The molecular weight excluding hydrogens is 323 g/mol. The number of carbonyl (C=O) groups is 1. The molecule has 1 saturated carbocycles. The number of fused-ring (bicyclic) bond motifs is 1. The van der Waals surface area contributed by atoms with E-state index < -0.39 is 6.04 Å². The first-order valence-corrected chi connectivity index (χ1v) is 8.51. The van der Waals surface area contributed by atoms with Crippen LogP contribution in [0.3, 0.4) is 0 Å². The molecule has 0 spiro atoms. The lowest BCUT2D eigenvalue weighted by Gasteiger charge is -2.23. The molecule has 7 heteroatoms. The highest BCUT2D eigenvalue weighted by Crippen LogP contribution is 2.61. The maximum absolute atomic E-state index is 13.3. The molecule has 3 atom stereocenters. The maximum Gasteiger partial charge on any atom is 0.318 e. The number of aromatic nitrogens is 2. The van der Waals surface area contributed by atoms with Crippen LogP contribution in [0.25, 0.3) is 11.4 Å². The summed E-state index contributed by atoms with van der Waals surface area (Å²) in [6.45, 7) is 7.91. The monoisotopic (exact) mass is 344 g/mol. The first kappa shape index (κ1) is 16.1. The van der Waals surface area contributed by atoms with E-state index in [9.17, 15) is 9.18 Å². The van der Waals surface area contributed by atoms with Gasteiger partial charge < -0.3 is 14.7 Å². The predicted octanol–water partition coefficient (Wildman–Crippen LogP) is 3.23. The van der Waals surface area contributed by atoms with Crippen LogP contribution >= 0.6 is 0 Å². The second kappa shape index (κ2) is 5.54. The highest BCUT2D eigenvalue weighted by Gasteiger charge is 2.62. The Balaban J connectivity index is 1.39. The van der Waals surface area contributed by atoms with Gasteiger partial charge in [0, 0.05) is 18.7 Å². The quantitative estimate of drug-likeness (QED) is 0.928. The lowest BCUT2D eigenvalue weighted by molar-refractivity contribution is 0.190. The molecule has 4 rings (SSSR count). The Morgan fingerprint density at radius 3 is 2.80 bits per heavy atom. The SMILES string of the molecule is CC(NC(=O)N1CC2C(C1)C2(C)C)c1nc(-c2cccc(F)c2)no1. The first-order valence-electron chi connectivity index (χ1n) is 8.51. The van der Waals surface area contributed by atoms with E-state index in [1.54, 1.807) is 19.1 Å². The smallest absolute Gasteiger partial charge is 0.318 e. The van der Waals surface area contributed by atoms with Crippen LogP contribution in [0.1, 0.15) is 32.7 Å². The molecule has 1 aromatic heterocycles. The molecule has 0 bridgehead atoms. The van der Waals surface area contributed by atoms with E-state index >= 15 is 0 Å². The molecule has 2 heterocycles. The number of benzene rings is 1. The Labute approximate surface area is 145 Å². The third-order valence-electron chi connectivity index (χ3n) is 5.64. The highest BCUT2D eigenvalue weighted by atomic mass is 19.1. The summed E-state index contributed by atoms with van der Waals surface area (Å²) in [4.78, 5) is 18.5. The number of likely N-dealkylation sites (tertiary alicyclic amines) is 1. The minimum absolute atomic E-state index is 0.110. The number of amides is 2. The van der Waals surface area contributed by atoms with Crippen LogP contribution in [0, 0.1) is 23.1 Å². The van der Waals surface area contributed by atoms with Gasteiger partial charge in [-0.25, -0.2) is 9.18 Å². The Morgan fingerprint density at radius 1 is 1.40 bits per heavy atom. The summed E-state index contributed by atoms with van der Waals surface area (Å²) in [6.07, 6.45) is 0. The Hall–Kier alpha value is -2.44. The van der Waals surface area contributed by atoms with Gasteiger partial charge in [0.25, 0.3) is 0 Å². The molecule has 1 saturated heterocycles. The van der Waals surface area contributed by atoms with Crippen molar-refractivity contribution >= 4 is 6.03 Å². The summed E-state index contributed by atoms with van der Waals surface area (Å²) in [7, 11) is 0. The molecule has 1 aromatic carbocycles. The second-order valence-corrected chi connectivity index (χ2v) is 7.58. The van der Waals surface area contributed by atoms with Gasteiger partial charge in [0.05, 0.1) is 0 Å². The van der Waals surface area contributed by atoms with Crippen molar-refractivity contribution in [1.82, 2.24) is 20.4 Å². The lowest BCUT2D eigenvalue weighted by Crippen LogP contribution is -2.41. The molecule has 2 aromatic rings. The van der Waals surface area contributed by atoms with Crippen molar-refractivity contribution in [3.63, 3.8) is 0 Å². The van der Waals surface area contributed by atoms with Crippen LogP contribution in [0.15, 0.2) is 28.8 Å². The van der Waals surface area contributed by atoms with Crippen LogP contribution in [0.2, 0.25) is 0 Å². The van der Waals surface area contributed by atoms with Crippen LogP contribution in [-0.4, -0.2) is 34.2 Å². The van der Waals surface area contributed by atoms with Gasteiger partial charge in [-0.05, 0) is 36.3 Å². The number of piperidine rings is 1. The third kappa shape index (κ3) is 2.77. The van der Waals surface area contributed by atoms with Gasteiger partial charge in [-0.15, -0.1) is 0 Å². The standard InChI is InChI=1S/C18H21FN4O2/c1-10(20-17(24)23-8-13-14(9-23)18(13,2)3)16-21-15(22-25-16)11-5-4-6-12(19)7-11/h4-7,10,13-14H,8-9H2,1-3H3,(H,20,24). The molecule has 1 aliphatic carbocycles. The van der Waals surface area contributed by atoms with E-state index in [0.29, 0.717) is 34.5 Å². The van der Waals surface area contributed by atoms with Gasteiger partial charge in [-0.3, -0.25) is 0 Å². The van der Waals surface area contributed by atoms with Crippen LogP contribution < -0.4 is 5.32 Å². The Bertz CT molecular complexity index is 805.